The molecule has 0 aliphatic carbocycles. The van der Waals surface area contributed by atoms with Crippen LogP contribution in [-0.4, -0.2) is 61.3 Å². The van der Waals surface area contributed by atoms with Gasteiger partial charge in [0.15, 0.2) is 0 Å². The summed E-state index contributed by atoms with van der Waals surface area (Å²) in [5, 5.41) is 5.71. The van der Waals surface area contributed by atoms with Crippen LogP contribution in [0.3, 0.4) is 0 Å². The van der Waals surface area contributed by atoms with Crippen molar-refractivity contribution in [2.45, 2.75) is 19.9 Å². The van der Waals surface area contributed by atoms with Gasteiger partial charge in [0.25, 0.3) is 0 Å². The van der Waals surface area contributed by atoms with Crippen LogP contribution in [0.15, 0.2) is 35.5 Å². The molecule has 3 rings (SSSR count). The number of hydrogen-bond acceptors (Lipinski definition) is 6. The summed E-state index contributed by atoms with van der Waals surface area (Å²) in [6, 6.07) is 6.56. The lowest BCUT2D eigenvalue weighted by Gasteiger charge is -2.33. The highest BCUT2D eigenvalue weighted by molar-refractivity contribution is 7.99. The second kappa shape index (κ2) is 9.84. The monoisotopic (exact) mass is 405 g/mol. The minimum absolute atomic E-state index is 0.278. The molecule has 7 nitrogen and oxygen atoms in total. The first-order chi connectivity index (χ1) is 13.6. The fraction of sp³-hybridized carbons (Fsp3) is 0.500. The fourth-order valence-corrected chi connectivity index (χ4v) is 4.33. The Balaban J connectivity index is 1.93. The maximum atomic E-state index is 12.8. The minimum Gasteiger partial charge on any atom is -0.494 e. The topological polar surface area (TPSA) is 79.9 Å². The van der Waals surface area contributed by atoms with Crippen LogP contribution in [0.4, 0.5) is 4.79 Å². The second-order valence-electron chi connectivity index (χ2n) is 6.53. The number of esters is 1. The van der Waals surface area contributed by atoms with Gasteiger partial charge >= 0.3 is 12.0 Å². The molecule has 2 amide bonds. The zero-order valence-corrected chi connectivity index (χ0v) is 17.1. The predicted octanol–water partition coefficient (Wildman–Crippen LogP) is 2.31. The summed E-state index contributed by atoms with van der Waals surface area (Å²) in [5.74, 6) is 2.45. The molecular weight excluding hydrogens is 378 g/mol. The third-order valence-electron chi connectivity index (χ3n) is 4.66. The summed E-state index contributed by atoms with van der Waals surface area (Å²) in [6.45, 7) is 6.95. The van der Waals surface area contributed by atoms with E-state index in [2.05, 4.69) is 15.5 Å². The molecule has 2 heterocycles. The number of urea groups is 1. The van der Waals surface area contributed by atoms with Crippen LogP contribution in [0.25, 0.3) is 0 Å². The molecule has 1 atom stereocenters. The molecule has 0 saturated carbocycles. The van der Waals surface area contributed by atoms with Crippen LogP contribution < -0.4 is 15.4 Å². The summed E-state index contributed by atoms with van der Waals surface area (Å²) in [6.07, 6.45) is 0. The maximum absolute atomic E-state index is 12.8. The van der Waals surface area contributed by atoms with E-state index in [9.17, 15) is 9.59 Å². The Morgan fingerprint density at radius 3 is 2.54 bits per heavy atom. The van der Waals surface area contributed by atoms with E-state index in [1.165, 1.54) is 0 Å². The Morgan fingerprint density at radius 2 is 1.89 bits per heavy atom. The largest absolute Gasteiger partial charge is 0.494 e. The van der Waals surface area contributed by atoms with Gasteiger partial charge in [-0.25, -0.2) is 9.59 Å². The van der Waals surface area contributed by atoms with Crippen molar-refractivity contribution < 1.29 is 19.1 Å². The second-order valence-corrected chi connectivity index (χ2v) is 7.76. The number of carbonyl (C=O) groups is 2. The molecule has 1 saturated heterocycles. The Kier molecular flexibility index (Phi) is 7.22. The average molecular weight is 406 g/mol. The van der Waals surface area contributed by atoms with Gasteiger partial charge in [0, 0.05) is 36.8 Å². The van der Waals surface area contributed by atoms with Crippen molar-refractivity contribution in [2.75, 3.05) is 44.4 Å². The van der Waals surface area contributed by atoms with E-state index in [1.807, 2.05) is 43.0 Å². The number of hydrogen-bond donors (Lipinski definition) is 2. The molecule has 28 heavy (non-hydrogen) atoms. The van der Waals surface area contributed by atoms with Crippen LogP contribution in [0, 0.1) is 0 Å². The van der Waals surface area contributed by atoms with Gasteiger partial charge in [-0.2, -0.15) is 11.8 Å². The number of thioether (sulfide) groups is 1. The number of amides is 2. The van der Waals surface area contributed by atoms with Crippen molar-refractivity contribution in [2.24, 2.45) is 0 Å². The van der Waals surface area contributed by atoms with E-state index in [-0.39, 0.29) is 12.6 Å². The van der Waals surface area contributed by atoms with Crippen LogP contribution in [0.5, 0.6) is 5.75 Å². The number of rotatable bonds is 7. The van der Waals surface area contributed by atoms with E-state index < -0.39 is 12.0 Å². The summed E-state index contributed by atoms with van der Waals surface area (Å²) in [5.41, 5.74) is 1.89. The lowest BCUT2D eigenvalue weighted by Crippen LogP contribution is -2.49. The minimum atomic E-state index is -0.558. The SMILES string of the molecule is CCOC(=O)C1=C(CN2CCSCC2)NC(=O)N[C@@H]1c1ccc(OCC)cc1. The van der Waals surface area contributed by atoms with Gasteiger partial charge in [-0.15, -0.1) is 0 Å². The highest BCUT2D eigenvalue weighted by Gasteiger charge is 2.34. The normalized spacial score (nSPS) is 20.4. The highest BCUT2D eigenvalue weighted by atomic mass is 32.2. The van der Waals surface area contributed by atoms with Crippen LogP contribution >= 0.6 is 11.8 Å². The van der Waals surface area contributed by atoms with Crippen molar-refractivity contribution in [3.8, 4) is 5.75 Å². The van der Waals surface area contributed by atoms with Gasteiger partial charge in [0.05, 0.1) is 24.8 Å². The number of ether oxygens (including phenoxy) is 2. The first-order valence-corrected chi connectivity index (χ1v) is 10.8. The predicted molar refractivity (Wildman–Crippen MR) is 109 cm³/mol. The standard InChI is InChI=1S/C20H27N3O4S/c1-3-26-15-7-5-14(6-8-15)18-17(19(24)27-4-2)16(21-20(25)22-18)13-23-9-11-28-12-10-23/h5-8,18H,3-4,9-13H2,1-2H3,(H2,21,22,25)/t18-/m1/s1. The van der Waals surface area contributed by atoms with Gasteiger partial charge in [-0.1, -0.05) is 12.1 Å². The quantitative estimate of drug-likeness (QED) is 0.678. The molecular formula is C20H27N3O4S. The summed E-state index contributed by atoms with van der Waals surface area (Å²) >= 11 is 1.92. The first-order valence-electron chi connectivity index (χ1n) is 9.63. The number of benzene rings is 1. The van der Waals surface area contributed by atoms with E-state index in [1.54, 1.807) is 6.92 Å². The molecule has 0 aromatic heterocycles. The molecule has 2 aliphatic rings. The van der Waals surface area contributed by atoms with Gasteiger partial charge in [0.2, 0.25) is 0 Å². The van der Waals surface area contributed by atoms with E-state index in [0.29, 0.717) is 24.4 Å². The fourth-order valence-electron chi connectivity index (χ4n) is 3.35. The van der Waals surface area contributed by atoms with Crippen molar-refractivity contribution in [3.05, 3.63) is 41.1 Å². The summed E-state index contributed by atoms with van der Waals surface area (Å²) in [4.78, 5) is 27.4. The van der Waals surface area contributed by atoms with E-state index >= 15 is 0 Å². The van der Waals surface area contributed by atoms with Gasteiger partial charge < -0.3 is 20.1 Å². The number of nitrogens with one attached hydrogen (secondary N) is 2. The molecule has 8 heteroatoms. The summed E-state index contributed by atoms with van der Waals surface area (Å²) in [7, 11) is 0. The van der Waals surface area contributed by atoms with Gasteiger partial charge in [-0.3, -0.25) is 4.90 Å². The zero-order chi connectivity index (χ0) is 19.9. The zero-order valence-electron chi connectivity index (χ0n) is 16.3. The van der Waals surface area contributed by atoms with E-state index in [0.717, 1.165) is 35.9 Å². The van der Waals surface area contributed by atoms with Crippen LogP contribution in [-0.2, 0) is 9.53 Å². The van der Waals surface area contributed by atoms with Crippen molar-refractivity contribution in [1.82, 2.24) is 15.5 Å². The molecule has 2 N–H and O–H groups in total. The first kappa shape index (κ1) is 20.5. The molecule has 2 aliphatic heterocycles. The smallest absolute Gasteiger partial charge is 0.338 e. The molecule has 152 valence electrons. The lowest BCUT2D eigenvalue weighted by molar-refractivity contribution is -0.139. The number of nitrogens with zero attached hydrogens (tertiary/aromatic N) is 1. The Labute approximate surface area is 169 Å². The Hall–Kier alpha value is -2.19. The molecule has 0 spiro atoms. The molecule has 1 aromatic rings. The Morgan fingerprint density at radius 1 is 1.18 bits per heavy atom. The summed E-state index contributed by atoms with van der Waals surface area (Å²) < 4.78 is 10.8. The molecule has 0 bridgehead atoms. The van der Waals surface area contributed by atoms with Crippen molar-refractivity contribution in [3.63, 3.8) is 0 Å². The van der Waals surface area contributed by atoms with Gasteiger partial charge in [0.1, 0.15) is 5.75 Å². The number of carbonyl (C=O) groups excluding carboxylic acids is 2. The Bertz CT molecular complexity index is 729. The maximum Gasteiger partial charge on any atom is 0.338 e. The van der Waals surface area contributed by atoms with Crippen molar-refractivity contribution in [1.29, 1.82) is 0 Å². The van der Waals surface area contributed by atoms with Crippen molar-refractivity contribution >= 4 is 23.8 Å². The third kappa shape index (κ3) is 4.99. The molecule has 0 radical (unpaired) electrons. The molecule has 0 unspecified atom stereocenters. The average Bonchev–Trinajstić information content (AvgIpc) is 2.69. The third-order valence-corrected chi connectivity index (χ3v) is 5.60. The van der Waals surface area contributed by atoms with Gasteiger partial charge in [-0.05, 0) is 31.5 Å². The highest BCUT2D eigenvalue weighted by Crippen LogP contribution is 2.29. The molecule has 1 fully saturated rings. The molecule has 1 aromatic carbocycles. The van der Waals surface area contributed by atoms with Crippen LogP contribution in [0.2, 0.25) is 0 Å². The lowest BCUT2D eigenvalue weighted by atomic mass is 9.95. The van der Waals surface area contributed by atoms with Crippen LogP contribution in [0.1, 0.15) is 25.5 Å². The van der Waals surface area contributed by atoms with E-state index in [4.69, 9.17) is 9.47 Å².